The van der Waals surface area contributed by atoms with Crippen LogP contribution in [0.1, 0.15) is 12.0 Å². The van der Waals surface area contributed by atoms with E-state index in [2.05, 4.69) is 4.74 Å². The lowest BCUT2D eigenvalue weighted by Gasteiger charge is -2.04. The zero-order valence-electron chi connectivity index (χ0n) is 7.90. The molecule has 0 heterocycles. The molecule has 0 saturated carbocycles. The molecule has 0 aromatic heterocycles. The summed E-state index contributed by atoms with van der Waals surface area (Å²) >= 11 is 0. The van der Waals surface area contributed by atoms with E-state index in [1.807, 2.05) is 24.3 Å². The van der Waals surface area contributed by atoms with Gasteiger partial charge >= 0.3 is 6.09 Å². The molecule has 0 aliphatic heterocycles. The monoisotopic (exact) mass is 194 g/mol. The smallest absolute Gasteiger partial charge is 0.404 e. The topological polar surface area (TPSA) is 78.3 Å². The van der Waals surface area contributed by atoms with E-state index in [-0.39, 0.29) is 0 Å². The molecule has 4 N–H and O–H groups in total. The van der Waals surface area contributed by atoms with Crippen molar-refractivity contribution in [2.45, 2.75) is 12.8 Å². The Kier molecular flexibility index (Phi) is 3.79. The number of primary amides is 1. The van der Waals surface area contributed by atoms with E-state index in [1.54, 1.807) is 0 Å². The maximum Gasteiger partial charge on any atom is 0.404 e. The lowest BCUT2D eigenvalue weighted by Crippen LogP contribution is -2.14. The molecule has 1 aromatic carbocycles. The van der Waals surface area contributed by atoms with Crippen molar-refractivity contribution in [2.24, 2.45) is 5.73 Å². The van der Waals surface area contributed by atoms with Crippen LogP contribution in [-0.4, -0.2) is 12.7 Å². The second-order valence-corrected chi connectivity index (χ2v) is 2.97. The third-order valence-electron chi connectivity index (χ3n) is 1.89. The van der Waals surface area contributed by atoms with Crippen LogP contribution >= 0.6 is 0 Å². The molecule has 4 heteroatoms. The molecular formula is C10H14N2O2. The molecule has 1 rings (SSSR count). The molecule has 0 spiro atoms. The summed E-state index contributed by atoms with van der Waals surface area (Å²) in [5.74, 6) is 0. The van der Waals surface area contributed by atoms with Crippen LogP contribution < -0.4 is 11.5 Å². The Morgan fingerprint density at radius 3 is 2.71 bits per heavy atom. The van der Waals surface area contributed by atoms with E-state index in [0.29, 0.717) is 6.61 Å². The van der Waals surface area contributed by atoms with Gasteiger partial charge in [-0.05, 0) is 24.5 Å². The predicted octanol–water partition coefficient (Wildman–Crippen LogP) is 1.30. The fourth-order valence-electron chi connectivity index (χ4n) is 1.20. The summed E-state index contributed by atoms with van der Waals surface area (Å²) in [4.78, 5) is 10.3. The van der Waals surface area contributed by atoms with E-state index in [4.69, 9.17) is 11.5 Å². The summed E-state index contributed by atoms with van der Waals surface area (Å²) < 4.78 is 4.60. The molecule has 0 atom stereocenters. The summed E-state index contributed by atoms with van der Waals surface area (Å²) in [6.45, 7) is 0.337. The van der Waals surface area contributed by atoms with Crippen LogP contribution in [0.2, 0.25) is 0 Å². The van der Waals surface area contributed by atoms with Gasteiger partial charge < -0.3 is 16.2 Å². The van der Waals surface area contributed by atoms with Gasteiger partial charge in [-0.25, -0.2) is 4.79 Å². The summed E-state index contributed by atoms with van der Waals surface area (Å²) in [6.07, 6.45) is 0.794. The predicted molar refractivity (Wildman–Crippen MR) is 54.7 cm³/mol. The maximum atomic E-state index is 10.3. The molecule has 76 valence electrons. The van der Waals surface area contributed by atoms with E-state index in [0.717, 1.165) is 24.1 Å². The lowest BCUT2D eigenvalue weighted by molar-refractivity contribution is 0.155. The third kappa shape index (κ3) is 3.35. The van der Waals surface area contributed by atoms with Crippen LogP contribution in [0, 0.1) is 0 Å². The van der Waals surface area contributed by atoms with E-state index < -0.39 is 6.09 Å². The molecular weight excluding hydrogens is 180 g/mol. The molecule has 0 aliphatic rings. The second-order valence-electron chi connectivity index (χ2n) is 2.97. The highest BCUT2D eigenvalue weighted by Crippen LogP contribution is 2.12. The van der Waals surface area contributed by atoms with Crippen molar-refractivity contribution >= 4 is 11.8 Å². The van der Waals surface area contributed by atoms with Crippen molar-refractivity contribution in [1.29, 1.82) is 0 Å². The number of anilines is 1. The van der Waals surface area contributed by atoms with E-state index in [1.165, 1.54) is 0 Å². The van der Waals surface area contributed by atoms with E-state index >= 15 is 0 Å². The third-order valence-corrected chi connectivity index (χ3v) is 1.89. The average molecular weight is 194 g/mol. The number of nitrogen functional groups attached to an aromatic ring is 1. The molecule has 14 heavy (non-hydrogen) atoms. The summed E-state index contributed by atoms with van der Waals surface area (Å²) in [5.41, 5.74) is 12.4. The molecule has 0 radical (unpaired) electrons. The first-order valence-corrected chi connectivity index (χ1v) is 4.46. The minimum Gasteiger partial charge on any atom is -0.450 e. The van der Waals surface area contributed by atoms with Crippen molar-refractivity contribution in [3.63, 3.8) is 0 Å². The quantitative estimate of drug-likeness (QED) is 0.560. The van der Waals surface area contributed by atoms with E-state index in [9.17, 15) is 4.79 Å². The summed E-state index contributed by atoms with van der Waals surface area (Å²) in [6, 6.07) is 7.63. The number of amides is 1. The molecule has 1 aromatic rings. The van der Waals surface area contributed by atoms with Gasteiger partial charge in [-0.2, -0.15) is 0 Å². The first-order chi connectivity index (χ1) is 6.70. The zero-order chi connectivity index (χ0) is 10.4. The van der Waals surface area contributed by atoms with Gasteiger partial charge in [-0.15, -0.1) is 0 Å². The summed E-state index contributed by atoms with van der Waals surface area (Å²) in [5, 5.41) is 0. The number of carbonyl (C=O) groups excluding carboxylic acids is 1. The zero-order valence-corrected chi connectivity index (χ0v) is 7.90. The number of aryl methyl sites for hydroxylation is 1. The SMILES string of the molecule is NC(=O)OCCCc1ccccc1N. The van der Waals surface area contributed by atoms with Crippen molar-refractivity contribution in [3.05, 3.63) is 29.8 Å². The Morgan fingerprint density at radius 1 is 1.36 bits per heavy atom. The van der Waals surface area contributed by atoms with Crippen molar-refractivity contribution in [3.8, 4) is 0 Å². The minimum absolute atomic E-state index is 0.337. The van der Waals surface area contributed by atoms with Crippen LogP contribution in [0.25, 0.3) is 0 Å². The highest BCUT2D eigenvalue weighted by molar-refractivity contribution is 5.64. The fraction of sp³-hybridized carbons (Fsp3) is 0.300. The normalized spacial score (nSPS) is 9.71. The first-order valence-electron chi connectivity index (χ1n) is 4.46. The number of hydrogen-bond donors (Lipinski definition) is 2. The molecule has 0 fully saturated rings. The highest BCUT2D eigenvalue weighted by Gasteiger charge is 1.98. The number of nitrogens with two attached hydrogens (primary N) is 2. The Morgan fingerprint density at radius 2 is 2.07 bits per heavy atom. The minimum atomic E-state index is -0.731. The molecule has 0 unspecified atom stereocenters. The van der Waals surface area contributed by atoms with Gasteiger partial charge in [-0.3, -0.25) is 0 Å². The number of benzene rings is 1. The second kappa shape index (κ2) is 5.11. The van der Waals surface area contributed by atoms with Gasteiger partial charge in [0.2, 0.25) is 0 Å². The lowest BCUT2D eigenvalue weighted by atomic mass is 10.1. The Hall–Kier alpha value is -1.71. The van der Waals surface area contributed by atoms with Crippen molar-refractivity contribution in [2.75, 3.05) is 12.3 Å². The van der Waals surface area contributed by atoms with Crippen LogP contribution in [0.15, 0.2) is 24.3 Å². The Labute approximate surface area is 82.8 Å². The van der Waals surface area contributed by atoms with Crippen LogP contribution in [0.3, 0.4) is 0 Å². The van der Waals surface area contributed by atoms with Gasteiger partial charge in [0, 0.05) is 5.69 Å². The highest BCUT2D eigenvalue weighted by atomic mass is 16.5. The van der Waals surface area contributed by atoms with Crippen LogP contribution in [0.4, 0.5) is 10.5 Å². The molecule has 1 amide bonds. The van der Waals surface area contributed by atoms with Gasteiger partial charge in [0.05, 0.1) is 6.61 Å². The molecule has 0 bridgehead atoms. The number of ether oxygens (including phenoxy) is 1. The Bertz CT molecular complexity index is 313. The van der Waals surface area contributed by atoms with Crippen molar-refractivity contribution < 1.29 is 9.53 Å². The Balaban J connectivity index is 2.31. The standard InChI is InChI=1S/C10H14N2O2/c11-9-6-2-1-4-8(9)5-3-7-14-10(12)13/h1-2,4,6H,3,5,7,11H2,(H2,12,13). The largest absolute Gasteiger partial charge is 0.450 e. The number of hydrogen-bond acceptors (Lipinski definition) is 3. The van der Waals surface area contributed by atoms with Gasteiger partial charge in [0.15, 0.2) is 0 Å². The first kappa shape index (κ1) is 10.4. The molecule has 4 nitrogen and oxygen atoms in total. The number of para-hydroxylation sites is 1. The van der Waals surface area contributed by atoms with Crippen molar-refractivity contribution in [1.82, 2.24) is 0 Å². The van der Waals surface area contributed by atoms with Crippen LogP contribution in [0.5, 0.6) is 0 Å². The van der Waals surface area contributed by atoms with Gasteiger partial charge in [-0.1, -0.05) is 18.2 Å². The summed E-state index contributed by atoms with van der Waals surface area (Å²) in [7, 11) is 0. The van der Waals surface area contributed by atoms with Gasteiger partial charge in [0.25, 0.3) is 0 Å². The number of rotatable bonds is 4. The molecule has 0 saturated heterocycles. The fourth-order valence-corrected chi connectivity index (χ4v) is 1.20. The maximum absolute atomic E-state index is 10.3. The average Bonchev–Trinajstić information content (AvgIpc) is 2.15. The van der Waals surface area contributed by atoms with Crippen LogP contribution in [-0.2, 0) is 11.2 Å². The van der Waals surface area contributed by atoms with Gasteiger partial charge in [0.1, 0.15) is 0 Å². The molecule has 0 aliphatic carbocycles. The number of carbonyl (C=O) groups is 1.